The molecule has 0 saturated carbocycles. The molecule has 0 bridgehead atoms. The molecule has 0 heterocycles. The number of rotatable bonds is 0. The van der Waals surface area contributed by atoms with Crippen LogP contribution in [0.4, 0.5) is 0 Å². The molecule has 0 atom stereocenters. The van der Waals surface area contributed by atoms with Crippen molar-refractivity contribution in [2.45, 2.75) is 0 Å². The monoisotopic (exact) mass is 340 g/mol. The Morgan fingerprint density at radius 1 is 0.643 bits per heavy atom. The second kappa shape index (κ2) is 85.9. The molecule has 0 amide bonds. The van der Waals surface area contributed by atoms with Crippen molar-refractivity contribution >= 4 is 50.5 Å². The Labute approximate surface area is 162 Å². The Balaban J connectivity index is -0.0000000107. The fourth-order valence-electron chi connectivity index (χ4n) is 0. The van der Waals surface area contributed by atoms with Crippen LogP contribution in [0.5, 0.6) is 0 Å². The molecule has 0 saturated heterocycles. The molecule has 0 aromatic rings. The zero-order valence-corrected chi connectivity index (χ0v) is 17.0. The van der Waals surface area contributed by atoms with Crippen LogP contribution in [-0.4, -0.2) is 0 Å². The maximum Gasteiger partial charge on any atom is 1.00 e. The van der Waals surface area contributed by atoms with E-state index in [1.807, 2.05) is 0 Å². The third kappa shape index (κ3) is 827. The summed E-state index contributed by atoms with van der Waals surface area (Å²) in [7, 11) is 0. The minimum absolute atomic E-state index is 0. The van der Waals surface area contributed by atoms with E-state index in [1.54, 1.807) is 0 Å². The van der Waals surface area contributed by atoms with E-state index in [2.05, 4.69) is 50.5 Å². The molecular formula is C4H5KN4S4Zn. The van der Waals surface area contributed by atoms with Crippen LogP contribution in [0.1, 0.15) is 1.43 Å². The third-order valence-electron chi connectivity index (χ3n) is 0. The summed E-state index contributed by atoms with van der Waals surface area (Å²) in [6.07, 6.45) is 0. The van der Waals surface area contributed by atoms with Crippen LogP contribution in [0.2, 0.25) is 0 Å². The Hall–Kier alpha value is 1.62. The molecule has 0 aliphatic heterocycles. The second-order valence-corrected chi connectivity index (χ2v) is 1.20. The Bertz CT molecular complexity index is 169. The quantitative estimate of drug-likeness (QED) is 0.250. The average Bonchev–Trinajstić information content (AvgIpc) is 1.92. The molecule has 0 unspecified atom stereocenters. The number of nitriles is 4. The first-order valence-electron chi connectivity index (χ1n) is 1.79. The number of hydrogen-bond acceptors (Lipinski definition) is 8. The van der Waals surface area contributed by atoms with Gasteiger partial charge in [0, 0.05) is 19.5 Å². The molecule has 0 rings (SSSR count). The summed E-state index contributed by atoms with van der Waals surface area (Å²) < 4.78 is 0. The van der Waals surface area contributed by atoms with Crippen molar-refractivity contribution < 1.29 is 72.3 Å². The molecule has 10 heteroatoms. The zero-order valence-electron chi connectivity index (χ0n) is 8.28. The first-order chi connectivity index (χ1) is 5.66. The predicted octanol–water partition coefficient (Wildman–Crippen LogP) is -1.30. The Morgan fingerprint density at radius 2 is 0.643 bits per heavy atom. The fraction of sp³-hybridized carbons (Fsp3) is 0. The van der Waals surface area contributed by atoms with Crippen molar-refractivity contribution in [1.29, 1.82) is 21.0 Å². The normalized spacial score (nSPS) is 2.29. The summed E-state index contributed by atoms with van der Waals surface area (Å²) in [4.78, 5) is 0. The predicted molar refractivity (Wildman–Crippen MR) is 59.5 cm³/mol. The Kier molecular flexibility index (Phi) is 221. The zero-order chi connectivity index (χ0) is 10.8. The van der Waals surface area contributed by atoms with E-state index < -0.39 is 0 Å². The van der Waals surface area contributed by atoms with Gasteiger partial charge in [0.2, 0.25) is 0 Å². The summed E-state index contributed by atoms with van der Waals surface area (Å²) in [5, 5.41) is 34.5. The third-order valence-corrected chi connectivity index (χ3v) is 0. The average molecular weight is 342 g/mol. The van der Waals surface area contributed by atoms with E-state index in [4.69, 9.17) is 21.0 Å². The molecule has 4 nitrogen and oxygen atoms in total. The SMILES string of the molecule is N#CS.N#CS.N#CS.N#CS.[H-].[K+].[Zn]. The van der Waals surface area contributed by atoms with Crippen LogP contribution in [0.3, 0.4) is 0 Å². The van der Waals surface area contributed by atoms with Crippen molar-refractivity contribution in [3.8, 4) is 21.6 Å². The summed E-state index contributed by atoms with van der Waals surface area (Å²) in [5.41, 5.74) is 0. The minimum atomic E-state index is 0. The van der Waals surface area contributed by atoms with Crippen LogP contribution >= 0.6 is 50.5 Å². The molecule has 0 spiro atoms. The van der Waals surface area contributed by atoms with Crippen LogP contribution in [-0.2, 0) is 19.5 Å². The van der Waals surface area contributed by atoms with E-state index in [-0.39, 0.29) is 72.3 Å². The number of nitrogens with zero attached hydrogens (tertiary/aromatic N) is 4. The van der Waals surface area contributed by atoms with Gasteiger partial charge in [-0.15, -0.1) is 0 Å². The molecule has 0 aromatic heterocycles. The van der Waals surface area contributed by atoms with Crippen molar-refractivity contribution in [3.63, 3.8) is 0 Å². The molecule has 0 aliphatic rings. The molecule has 0 fully saturated rings. The van der Waals surface area contributed by atoms with E-state index in [9.17, 15) is 0 Å². The number of hydrogen-bond donors (Lipinski definition) is 4. The van der Waals surface area contributed by atoms with Gasteiger partial charge in [-0.05, 0) is 0 Å². The first kappa shape index (κ1) is 36.1. The molecular weight excluding hydrogens is 337 g/mol. The van der Waals surface area contributed by atoms with Gasteiger partial charge in [0.1, 0.15) is 21.6 Å². The second-order valence-electron chi connectivity index (χ2n) is 0.400. The number of thiol groups is 4. The molecule has 0 radical (unpaired) electrons. The van der Waals surface area contributed by atoms with E-state index in [1.165, 1.54) is 21.6 Å². The standard InChI is InChI=1S/4CHNS.K.Zn.H/c4*2-1-3;;;/h4*3H;;;/q;;;;+1;;-1. The summed E-state index contributed by atoms with van der Waals surface area (Å²) >= 11 is 12.4. The molecule has 0 aromatic carbocycles. The maximum atomic E-state index is 7.18. The van der Waals surface area contributed by atoms with Gasteiger partial charge in [-0.3, -0.25) is 0 Å². The maximum absolute atomic E-state index is 7.18. The van der Waals surface area contributed by atoms with Gasteiger partial charge in [0.05, 0.1) is 0 Å². The van der Waals surface area contributed by atoms with Crippen LogP contribution < -0.4 is 51.4 Å². The summed E-state index contributed by atoms with van der Waals surface area (Å²) in [6.45, 7) is 0. The molecule has 68 valence electrons. The van der Waals surface area contributed by atoms with E-state index >= 15 is 0 Å². The van der Waals surface area contributed by atoms with Crippen molar-refractivity contribution in [2.24, 2.45) is 0 Å². The van der Waals surface area contributed by atoms with Crippen LogP contribution in [0.25, 0.3) is 0 Å². The van der Waals surface area contributed by atoms with Crippen LogP contribution in [0, 0.1) is 42.7 Å². The fourth-order valence-corrected chi connectivity index (χ4v) is 0. The smallest absolute Gasteiger partial charge is 1.00 e. The van der Waals surface area contributed by atoms with Gasteiger partial charge in [-0.2, -0.15) is 21.0 Å². The minimum Gasteiger partial charge on any atom is -1.00 e. The van der Waals surface area contributed by atoms with Gasteiger partial charge in [-0.1, -0.05) is 50.5 Å². The molecule has 14 heavy (non-hydrogen) atoms. The van der Waals surface area contributed by atoms with Crippen molar-refractivity contribution in [1.82, 2.24) is 0 Å². The van der Waals surface area contributed by atoms with Crippen molar-refractivity contribution in [3.05, 3.63) is 0 Å². The Morgan fingerprint density at radius 3 is 0.643 bits per heavy atom. The van der Waals surface area contributed by atoms with Gasteiger partial charge in [-0.25, -0.2) is 0 Å². The van der Waals surface area contributed by atoms with E-state index in [0.717, 1.165) is 0 Å². The summed E-state index contributed by atoms with van der Waals surface area (Å²) in [6, 6.07) is 0. The van der Waals surface area contributed by atoms with Crippen LogP contribution in [0.15, 0.2) is 0 Å². The molecule has 0 N–H and O–H groups in total. The van der Waals surface area contributed by atoms with Crippen molar-refractivity contribution in [2.75, 3.05) is 0 Å². The van der Waals surface area contributed by atoms with Gasteiger partial charge in [0.25, 0.3) is 0 Å². The van der Waals surface area contributed by atoms with Gasteiger partial charge >= 0.3 is 51.4 Å². The first-order valence-corrected chi connectivity index (χ1v) is 3.58. The topological polar surface area (TPSA) is 95.2 Å². The number of thiocyanates is 4. The largest absolute Gasteiger partial charge is 1.00 e. The van der Waals surface area contributed by atoms with Gasteiger partial charge in [0.15, 0.2) is 0 Å². The van der Waals surface area contributed by atoms with E-state index in [0.29, 0.717) is 0 Å². The van der Waals surface area contributed by atoms with Gasteiger partial charge < -0.3 is 1.43 Å². The summed E-state index contributed by atoms with van der Waals surface area (Å²) in [5.74, 6) is 0. The molecule has 0 aliphatic carbocycles.